The molecule has 1 aliphatic heterocycles. The fraction of sp³-hybridized carbons (Fsp3) is 0.417. The van der Waals surface area contributed by atoms with Crippen LogP contribution in [0.1, 0.15) is 24.3 Å². The van der Waals surface area contributed by atoms with Gasteiger partial charge < -0.3 is 5.32 Å². The highest BCUT2D eigenvalue weighted by Gasteiger charge is 2.25. The summed E-state index contributed by atoms with van der Waals surface area (Å²) in [6.07, 6.45) is 2.31. The molecule has 2 rings (SSSR count). The van der Waals surface area contributed by atoms with E-state index in [1.54, 1.807) is 0 Å². The maximum absolute atomic E-state index is 9.15. The van der Waals surface area contributed by atoms with Crippen molar-refractivity contribution in [3.8, 4) is 6.07 Å². The predicted molar refractivity (Wildman–Crippen MR) is 55.8 cm³/mol. The molecular formula is C12H14N2. The van der Waals surface area contributed by atoms with Gasteiger partial charge in [0.25, 0.3) is 0 Å². The maximum Gasteiger partial charge on any atom is 0.0865 e. The lowest BCUT2D eigenvalue weighted by molar-refractivity contribution is 0.558. The summed E-state index contributed by atoms with van der Waals surface area (Å²) in [5.74, 6) is 0.0127. The molecule has 1 aliphatic rings. The Bertz CT molecular complexity index is 320. The Hall–Kier alpha value is -1.33. The fourth-order valence-electron chi connectivity index (χ4n) is 2.05. The lowest BCUT2D eigenvalue weighted by Gasteiger charge is -2.16. The number of nitriles is 1. The lowest BCUT2D eigenvalue weighted by atomic mass is 9.92. The molecule has 14 heavy (non-hydrogen) atoms. The molecule has 0 aromatic heterocycles. The lowest BCUT2D eigenvalue weighted by Crippen LogP contribution is -2.27. The number of rotatable bonds is 2. The predicted octanol–water partition coefficient (Wildman–Crippen LogP) is 2.05. The molecule has 0 unspecified atom stereocenters. The second kappa shape index (κ2) is 4.26. The molecule has 0 saturated carbocycles. The molecule has 0 spiro atoms. The number of nitrogens with one attached hydrogen (secondary N) is 1. The van der Waals surface area contributed by atoms with Crippen LogP contribution in [0.3, 0.4) is 0 Å². The molecule has 1 aromatic carbocycles. The van der Waals surface area contributed by atoms with Crippen LogP contribution < -0.4 is 5.32 Å². The van der Waals surface area contributed by atoms with E-state index in [-0.39, 0.29) is 5.92 Å². The molecule has 72 valence electrons. The molecule has 1 aromatic rings. The second-order valence-electron chi connectivity index (χ2n) is 3.72. The minimum atomic E-state index is 0.0127. The van der Waals surface area contributed by atoms with Crippen LogP contribution in [0.25, 0.3) is 0 Å². The Balaban J connectivity index is 2.18. The Kier molecular flexibility index (Phi) is 2.81. The van der Waals surface area contributed by atoms with Crippen molar-refractivity contribution in [1.29, 1.82) is 5.26 Å². The van der Waals surface area contributed by atoms with Crippen LogP contribution in [0.2, 0.25) is 0 Å². The monoisotopic (exact) mass is 186 g/mol. The Morgan fingerprint density at radius 2 is 2.14 bits per heavy atom. The first kappa shape index (κ1) is 9.23. The molecule has 1 saturated heterocycles. The minimum absolute atomic E-state index is 0.0127. The molecule has 2 heteroatoms. The number of hydrogen-bond donors (Lipinski definition) is 1. The number of hydrogen-bond acceptors (Lipinski definition) is 2. The standard InChI is InChI=1S/C12H14N2/c13-9-11(12-7-4-8-14-12)10-5-2-1-3-6-10/h1-3,5-6,11-12,14H,4,7-8H2/t11-,12+/m0/s1. The zero-order valence-electron chi connectivity index (χ0n) is 8.11. The summed E-state index contributed by atoms with van der Waals surface area (Å²) < 4.78 is 0. The van der Waals surface area contributed by atoms with E-state index in [9.17, 15) is 0 Å². The summed E-state index contributed by atoms with van der Waals surface area (Å²) in [6, 6.07) is 12.8. The molecule has 0 radical (unpaired) electrons. The highest BCUT2D eigenvalue weighted by Crippen LogP contribution is 2.24. The van der Waals surface area contributed by atoms with Gasteiger partial charge in [-0.3, -0.25) is 0 Å². The van der Waals surface area contributed by atoms with Crippen molar-refractivity contribution < 1.29 is 0 Å². The van der Waals surface area contributed by atoms with Gasteiger partial charge >= 0.3 is 0 Å². The molecule has 2 atom stereocenters. The van der Waals surface area contributed by atoms with Crippen molar-refractivity contribution >= 4 is 0 Å². The summed E-state index contributed by atoms with van der Waals surface area (Å²) in [6.45, 7) is 1.05. The van der Waals surface area contributed by atoms with Crippen LogP contribution >= 0.6 is 0 Å². The zero-order chi connectivity index (χ0) is 9.80. The van der Waals surface area contributed by atoms with Crippen molar-refractivity contribution in [3.05, 3.63) is 35.9 Å². The first-order valence-corrected chi connectivity index (χ1v) is 5.10. The maximum atomic E-state index is 9.15. The Morgan fingerprint density at radius 1 is 1.36 bits per heavy atom. The summed E-state index contributed by atoms with van der Waals surface area (Å²) in [5.41, 5.74) is 1.13. The van der Waals surface area contributed by atoms with Crippen molar-refractivity contribution in [1.82, 2.24) is 5.32 Å². The first-order valence-electron chi connectivity index (χ1n) is 5.10. The quantitative estimate of drug-likeness (QED) is 0.767. The van der Waals surface area contributed by atoms with Crippen LogP contribution in [0.4, 0.5) is 0 Å². The fourth-order valence-corrected chi connectivity index (χ4v) is 2.05. The molecule has 1 heterocycles. The van der Waals surface area contributed by atoms with E-state index in [1.165, 1.54) is 6.42 Å². The van der Waals surface area contributed by atoms with Gasteiger partial charge in [0.1, 0.15) is 0 Å². The molecule has 0 amide bonds. The summed E-state index contributed by atoms with van der Waals surface area (Å²) in [5, 5.41) is 12.5. The van der Waals surface area contributed by atoms with Gasteiger partial charge in [-0.05, 0) is 24.9 Å². The second-order valence-corrected chi connectivity index (χ2v) is 3.72. The van der Waals surface area contributed by atoms with Gasteiger partial charge in [0.15, 0.2) is 0 Å². The summed E-state index contributed by atoms with van der Waals surface area (Å²) in [4.78, 5) is 0. The van der Waals surface area contributed by atoms with Crippen LogP contribution in [-0.4, -0.2) is 12.6 Å². The van der Waals surface area contributed by atoms with Crippen molar-refractivity contribution in [2.75, 3.05) is 6.54 Å². The van der Waals surface area contributed by atoms with Crippen molar-refractivity contribution in [2.24, 2.45) is 0 Å². The summed E-state index contributed by atoms with van der Waals surface area (Å²) >= 11 is 0. The zero-order valence-corrected chi connectivity index (χ0v) is 8.11. The molecule has 0 aliphatic carbocycles. The van der Waals surface area contributed by atoms with Gasteiger partial charge in [0.2, 0.25) is 0 Å². The number of nitrogens with zero attached hydrogens (tertiary/aromatic N) is 1. The highest BCUT2D eigenvalue weighted by atomic mass is 14.9. The van der Waals surface area contributed by atoms with E-state index in [2.05, 4.69) is 11.4 Å². The van der Waals surface area contributed by atoms with Crippen molar-refractivity contribution in [3.63, 3.8) is 0 Å². The van der Waals surface area contributed by atoms with Crippen LogP contribution in [0.5, 0.6) is 0 Å². The third-order valence-corrected chi connectivity index (χ3v) is 2.80. The topological polar surface area (TPSA) is 35.8 Å². The van der Waals surface area contributed by atoms with E-state index in [0.717, 1.165) is 18.5 Å². The summed E-state index contributed by atoms with van der Waals surface area (Å²) in [7, 11) is 0. The van der Waals surface area contributed by atoms with E-state index in [1.807, 2.05) is 30.3 Å². The first-order chi connectivity index (χ1) is 6.92. The number of benzene rings is 1. The van der Waals surface area contributed by atoms with E-state index in [4.69, 9.17) is 5.26 Å². The van der Waals surface area contributed by atoms with Crippen LogP contribution in [0.15, 0.2) is 30.3 Å². The van der Waals surface area contributed by atoms with Gasteiger partial charge in [0, 0.05) is 6.04 Å². The molecule has 0 bridgehead atoms. The SMILES string of the molecule is N#C[C@@H](c1ccccc1)[C@H]1CCCN1. The van der Waals surface area contributed by atoms with Crippen LogP contribution in [0, 0.1) is 11.3 Å². The molecule has 2 nitrogen and oxygen atoms in total. The molecule has 1 N–H and O–H groups in total. The van der Waals surface area contributed by atoms with E-state index < -0.39 is 0 Å². The van der Waals surface area contributed by atoms with Gasteiger partial charge in [-0.1, -0.05) is 30.3 Å². The molecule has 1 fully saturated rings. The Labute approximate surface area is 84.6 Å². The van der Waals surface area contributed by atoms with Gasteiger partial charge in [-0.25, -0.2) is 0 Å². The van der Waals surface area contributed by atoms with E-state index in [0.29, 0.717) is 6.04 Å². The van der Waals surface area contributed by atoms with Crippen LogP contribution in [-0.2, 0) is 0 Å². The minimum Gasteiger partial charge on any atom is -0.312 e. The van der Waals surface area contributed by atoms with Crippen molar-refractivity contribution in [2.45, 2.75) is 24.8 Å². The van der Waals surface area contributed by atoms with Gasteiger partial charge in [0.05, 0.1) is 12.0 Å². The third kappa shape index (κ3) is 1.78. The van der Waals surface area contributed by atoms with Gasteiger partial charge in [-0.2, -0.15) is 5.26 Å². The largest absolute Gasteiger partial charge is 0.312 e. The Morgan fingerprint density at radius 3 is 2.71 bits per heavy atom. The molecular weight excluding hydrogens is 172 g/mol. The average Bonchev–Trinajstić information content (AvgIpc) is 2.74. The average molecular weight is 186 g/mol. The smallest absolute Gasteiger partial charge is 0.0865 e. The third-order valence-electron chi connectivity index (χ3n) is 2.80. The van der Waals surface area contributed by atoms with Gasteiger partial charge in [-0.15, -0.1) is 0 Å². The highest BCUT2D eigenvalue weighted by molar-refractivity contribution is 5.27. The normalized spacial score (nSPS) is 22.9. The van der Waals surface area contributed by atoms with E-state index >= 15 is 0 Å².